The summed E-state index contributed by atoms with van der Waals surface area (Å²) in [5.41, 5.74) is 5.23. The summed E-state index contributed by atoms with van der Waals surface area (Å²) >= 11 is 0. The molecule has 14 heavy (non-hydrogen) atoms. The van der Waals surface area contributed by atoms with Gasteiger partial charge in [0, 0.05) is 0 Å². The summed E-state index contributed by atoms with van der Waals surface area (Å²) in [5.74, 6) is -3.23. The van der Waals surface area contributed by atoms with Gasteiger partial charge < -0.3 is 26.2 Å². The van der Waals surface area contributed by atoms with Crippen LogP contribution in [-0.2, 0) is 4.79 Å². The Balaban J connectivity index is 3.19. The summed E-state index contributed by atoms with van der Waals surface area (Å²) in [6.45, 7) is 0. The zero-order chi connectivity index (χ0) is 10.9. The first-order chi connectivity index (χ1) is 6.43. The third-order valence-electron chi connectivity index (χ3n) is 1.72. The zero-order valence-electron chi connectivity index (χ0n) is 7.01. The molecule has 1 atom stereocenters. The maximum Gasteiger partial charge on any atom is 0.325 e. The molecule has 0 fully saturated rings. The minimum atomic E-state index is -1.35. The van der Waals surface area contributed by atoms with Crippen LogP contribution >= 0.6 is 0 Å². The van der Waals surface area contributed by atoms with Gasteiger partial charge in [-0.25, -0.2) is 0 Å². The molecule has 0 saturated heterocycles. The molecular weight excluding hydrogens is 190 g/mol. The minimum Gasteiger partial charge on any atom is -0.504 e. The van der Waals surface area contributed by atoms with Gasteiger partial charge in [0.05, 0.1) is 0 Å². The average molecular weight is 199 g/mol. The number of phenolic OH excluding ortho intramolecular Hbond substituents is 3. The van der Waals surface area contributed by atoms with Crippen molar-refractivity contribution in [1.29, 1.82) is 0 Å². The number of rotatable bonds is 2. The zero-order valence-corrected chi connectivity index (χ0v) is 7.01. The summed E-state index contributed by atoms with van der Waals surface area (Å²) in [6, 6.07) is 0.606. The van der Waals surface area contributed by atoms with Gasteiger partial charge in [0.1, 0.15) is 6.04 Å². The second-order valence-electron chi connectivity index (χ2n) is 2.72. The largest absolute Gasteiger partial charge is 0.504 e. The Kier molecular flexibility index (Phi) is 2.48. The number of aliphatic carboxylic acids is 1. The Morgan fingerprint density at radius 1 is 1.21 bits per heavy atom. The van der Waals surface area contributed by atoms with E-state index >= 15 is 0 Å². The molecule has 0 spiro atoms. The van der Waals surface area contributed by atoms with Crippen LogP contribution < -0.4 is 5.73 Å². The van der Waals surface area contributed by atoms with Crippen LogP contribution in [0.5, 0.6) is 17.2 Å². The van der Waals surface area contributed by atoms with E-state index in [0.29, 0.717) is 0 Å². The highest BCUT2D eigenvalue weighted by molar-refractivity contribution is 5.76. The van der Waals surface area contributed by atoms with E-state index in [0.717, 1.165) is 12.1 Å². The van der Waals surface area contributed by atoms with Gasteiger partial charge in [0.15, 0.2) is 17.2 Å². The maximum atomic E-state index is 10.5. The molecule has 0 aliphatic heterocycles. The lowest BCUT2D eigenvalue weighted by Crippen LogP contribution is -2.20. The highest BCUT2D eigenvalue weighted by Gasteiger charge is 2.18. The second-order valence-corrected chi connectivity index (χ2v) is 2.72. The minimum absolute atomic E-state index is 0.00491. The van der Waals surface area contributed by atoms with Gasteiger partial charge in [-0.2, -0.15) is 0 Å². The summed E-state index contributed by atoms with van der Waals surface area (Å²) in [6.07, 6.45) is 0. The topological polar surface area (TPSA) is 124 Å². The molecule has 1 rings (SSSR count). The number of nitrogens with two attached hydrogens (primary N) is 1. The van der Waals surface area contributed by atoms with Gasteiger partial charge in [-0.1, -0.05) is 0 Å². The van der Waals surface area contributed by atoms with Gasteiger partial charge in [-0.15, -0.1) is 0 Å². The van der Waals surface area contributed by atoms with Crippen molar-refractivity contribution in [3.63, 3.8) is 0 Å². The first kappa shape index (κ1) is 10.1. The van der Waals surface area contributed by atoms with E-state index in [9.17, 15) is 4.79 Å². The number of carboxylic acid groups (broad SMARTS) is 1. The molecule has 0 radical (unpaired) electrons. The monoisotopic (exact) mass is 199 g/mol. The number of benzene rings is 1. The summed E-state index contributed by atoms with van der Waals surface area (Å²) < 4.78 is 0. The van der Waals surface area contributed by atoms with Crippen molar-refractivity contribution in [2.24, 2.45) is 5.73 Å². The van der Waals surface area contributed by atoms with Gasteiger partial charge in [-0.3, -0.25) is 4.79 Å². The van der Waals surface area contributed by atoms with Crippen molar-refractivity contribution in [1.82, 2.24) is 0 Å². The molecule has 0 saturated carbocycles. The molecule has 0 heterocycles. The van der Waals surface area contributed by atoms with Crippen LogP contribution in [0.1, 0.15) is 11.6 Å². The van der Waals surface area contributed by atoms with Crippen molar-refractivity contribution in [2.75, 3.05) is 0 Å². The fourth-order valence-corrected chi connectivity index (χ4v) is 0.947. The van der Waals surface area contributed by atoms with Gasteiger partial charge >= 0.3 is 5.97 Å². The molecule has 6 heteroatoms. The third-order valence-corrected chi connectivity index (χ3v) is 1.72. The molecular formula is C8H9NO5. The van der Waals surface area contributed by atoms with Crippen LogP contribution in [0.2, 0.25) is 0 Å². The molecule has 0 unspecified atom stereocenters. The molecule has 6 nitrogen and oxygen atoms in total. The normalized spacial score (nSPS) is 12.4. The Morgan fingerprint density at radius 3 is 2.00 bits per heavy atom. The summed E-state index contributed by atoms with van der Waals surface area (Å²) in [4.78, 5) is 10.5. The van der Waals surface area contributed by atoms with Crippen molar-refractivity contribution < 1.29 is 25.2 Å². The smallest absolute Gasteiger partial charge is 0.325 e. The molecule has 76 valence electrons. The summed E-state index contributed by atoms with van der Waals surface area (Å²) in [7, 11) is 0. The SMILES string of the molecule is N[C@@H](C(=O)O)c1cc(O)c(O)c(O)c1. The molecule has 0 bridgehead atoms. The van der Waals surface area contributed by atoms with Crippen LogP contribution in [-0.4, -0.2) is 26.4 Å². The van der Waals surface area contributed by atoms with Crippen LogP contribution in [0.15, 0.2) is 12.1 Å². The molecule has 0 aromatic heterocycles. The van der Waals surface area contributed by atoms with E-state index in [-0.39, 0.29) is 5.56 Å². The average Bonchev–Trinajstić information content (AvgIpc) is 2.12. The standard InChI is InChI=1S/C8H9NO5/c9-6(8(13)14)3-1-4(10)7(12)5(11)2-3/h1-2,6,10-12H,9H2,(H,13,14)/t6-/m1/s1. The number of phenols is 3. The molecule has 0 aliphatic carbocycles. The lowest BCUT2D eigenvalue weighted by Gasteiger charge is -2.08. The van der Waals surface area contributed by atoms with Crippen molar-refractivity contribution in [2.45, 2.75) is 6.04 Å². The van der Waals surface area contributed by atoms with E-state index in [1.165, 1.54) is 0 Å². The Hall–Kier alpha value is -1.95. The van der Waals surface area contributed by atoms with Crippen LogP contribution in [0, 0.1) is 0 Å². The third kappa shape index (κ3) is 1.69. The summed E-state index contributed by atoms with van der Waals surface area (Å²) in [5, 5.41) is 35.6. The van der Waals surface area contributed by atoms with E-state index in [2.05, 4.69) is 0 Å². The number of carbonyl (C=O) groups is 1. The number of carboxylic acids is 1. The quantitative estimate of drug-likeness (QED) is 0.423. The number of hydrogen-bond donors (Lipinski definition) is 5. The van der Waals surface area contributed by atoms with Crippen molar-refractivity contribution >= 4 is 5.97 Å². The molecule has 0 amide bonds. The van der Waals surface area contributed by atoms with E-state index in [4.69, 9.17) is 26.2 Å². The number of hydrogen-bond acceptors (Lipinski definition) is 5. The first-order valence-electron chi connectivity index (χ1n) is 3.66. The molecule has 0 aliphatic rings. The second kappa shape index (κ2) is 3.43. The van der Waals surface area contributed by atoms with Crippen LogP contribution in [0.3, 0.4) is 0 Å². The van der Waals surface area contributed by atoms with E-state index < -0.39 is 29.3 Å². The van der Waals surface area contributed by atoms with Gasteiger partial charge in [-0.05, 0) is 17.7 Å². The lowest BCUT2D eigenvalue weighted by atomic mass is 10.1. The number of aromatic hydroxyl groups is 3. The van der Waals surface area contributed by atoms with Crippen molar-refractivity contribution in [3.8, 4) is 17.2 Å². The van der Waals surface area contributed by atoms with Gasteiger partial charge in [0.25, 0.3) is 0 Å². The highest BCUT2D eigenvalue weighted by atomic mass is 16.4. The Morgan fingerprint density at radius 2 is 1.64 bits per heavy atom. The highest BCUT2D eigenvalue weighted by Crippen LogP contribution is 2.36. The van der Waals surface area contributed by atoms with E-state index in [1.807, 2.05) is 0 Å². The molecule has 1 aromatic rings. The van der Waals surface area contributed by atoms with Crippen LogP contribution in [0.4, 0.5) is 0 Å². The predicted molar refractivity (Wildman–Crippen MR) is 46.0 cm³/mol. The fourth-order valence-electron chi connectivity index (χ4n) is 0.947. The molecule has 1 aromatic carbocycles. The van der Waals surface area contributed by atoms with Gasteiger partial charge in [0.2, 0.25) is 0 Å². The van der Waals surface area contributed by atoms with E-state index in [1.54, 1.807) is 0 Å². The Labute approximate surface area is 78.8 Å². The lowest BCUT2D eigenvalue weighted by molar-refractivity contribution is -0.138. The van der Waals surface area contributed by atoms with Crippen LogP contribution in [0.25, 0.3) is 0 Å². The first-order valence-corrected chi connectivity index (χ1v) is 3.66. The fraction of sp³-hybridized carbons (Fsp3) is 0.125. The molecule has 6 N–H and O–H groups in total. The maximum absolute atomic E-state index is 10.5. The Bertz CT molecular complexity index is 353. The van der Waals surface area contributed by atoms with Crippen molar-refractivity contribution in [3.05, 3.63) is 17.7 Å². The predicted octanol–water partition coefficient (Wildman–Crippen LogP) is -0.112.